The van der Waals surface area contributed by atoms with Crippen molar-refractivity contribution in [1.29, 1.82) is 0 Å². The molecular formula is C12H20N4O2. The summed E-state index contributed by atoms with van der Waals surface area (Å²) in [4.78, 5) is 16.1. The molecule has 0 bridgehead atoms. The molecule has 0 radical (unpaired) electrons. The summed E-state index contributed by atoms with van der Waals surface area (Å²) in [5.41, 5.74) is 5.42. The van der Waals surface area contributed by atoms with Gasteiger partial charge in [0.25, 0.3) is 0 Å². The van der Waals surface area contributed by atoms with Crippen LogP contribution in [0.3, 0.4) is 0 Å². The van der Waals surface area contributed by atoms with Gasteiger partial charge in [0.1, 0.15) is 0 Å². The predicted molar refractivity (Wildman–Crippen MR) is 65.3 cm³/mol. The summed E-state index contributed by atoms with van der Waals surface area (Å²) in [6.07, 6.45) is 5.10. The van der Waals surface area contributed by atoms with Crippen LogP contribution in [0.5, 0.6) is 0 Å². The van der Waals surface area contributed by atoms with E-state index in [0.29, 0.717) is 24.8 Å². The number of hydrogen-bond acceptors (Lipinski definition) is 5. The fourth-order valence-electron chi connectivity index (χ4n) is 2.46. The zero-order valence-electron chi connectivity index (χ0n) is 10.7. The molecule has 6 nitrogen and oxygen atoms in total. The Morgan fingerprint density at radius 2 is 2.33 bits per heavy atom. The second-order valence-corrected chi connectivity index (χ2v) is 5.20. The van der Waals surface area contributed by atoms with Crippen LogP contribution < -0.4 is 11.1 Å². The Labute approximate surface area is 106 Å². The van der Waals surface area contributed by atoms with Crippen LogP contribution in [0, 0.1) is 11.3 Å². The Kier molecular flexibility index (Phi) is 3.96. The number of nitrogens with one attached hydrogen (secondary N) is 1. The first-order chi connectivity index (χ1) is 8.66. The number of carbonyl (C=O) groups is 1. The summed E-state index contributed by atoms with van der Waals surface area (Å²) in [6.45, 7) is 2.92. The number of rotatable bonds is 4. The molecule has 6 heteroatoms. The van der Waals surface area contributed by atoms with Crippen LogP contribution in [-0.2, 0) is 11.3 Å². The molecule has 0 spiro atoms. The monoisotopic (exact) mass is 252 g/mol. The second-order valence-electron chi connectivity index (χ2n) is 5.20. The van der Waals surface area contributed by atoms with Crippen molar-refractivity contribution in [1.82, 2.24) is 15.5 Å². The summed E-state index contributed by atoms with van der Waals surface area (Å²) in [5.74, 6) is 1.19. The van der Waals surface area contributed by atoms with Gasteiger partial charge in [-0.15, -0.1) is 0 Å². The van der Waals surface area contributed by atoms with Crippen LogP contribution >= 0.6 is 0 Å². The maximum Gasteiger partial charge on any atom is 0.227 e. The average Bonchev–Trinajstić information content (AvgIpc) is 2.90. The van der Waals surface area contributed by atoms with E-state index in [-0.39, 0.29) is 5.91 Å². The molecule has 1 aliphatic carbocycles. The summed E-state index contributed by atoms with van der Waals surface area (Å²) >= 11 is 0. The third-order valence-electron chi connectivity index (χ3n) is 3.92. The highest BCUT2D eigenvalue weighted by molar-refractivity contribution is 5.82. The van der Waals surface area contributed by atoms with Crippen molar-refractivity contribution in [2.24, 2.45) is 17.1 Å². The van der Waals surface area contributed by atoms with Gasteiger partial charge in [0.15, 0.2) is 5.82 Å². The van der Waals surface area contributed by atoms with Crippen LogP contribution in [0.2, 0.25) is 0 Å². The van der Waals surface area contributed by atoms with Gasteiger partial charge >= 0.3 is 0 Å². The molecule has 3 N–H and O–H groups in total. The van der Waals surface area contributed by atoms with Crippen LogP contribution in [-0.4, -0.2) is 22.6 Å². The Hall–Kier alpha value is -1.43. The van der Waals surface area contributed by atoms with Gasteiger partial charge in [-0.3, -0.25) is 4.79 Å². The fourth-order valence-corrected chi connectivity index (χ4v) is 2.46. The molecule has 0 aromatic carbocycles. The normalized spacial score (nSPS) is 28.0. The van der Waals surface area contributed by atoms with E-state index in [1.807, 2.05) is 0 Å². The Balaban J connectivity index is 1.93. The van der Waals surface area contributed by atoms with Gasteiger partial charge in [0.2, 0.25) is 12.3 Å². The van der Waals surface area contributed by atoms with Crippen molar-refractivity contribution < 1.29 is 9.32 Å². The van der Waals surface area contributed by atoms with Crippen molar-refractivity contribution in [2.75, 3.05) is 6.54 Å². The largest absolute Gasteiger partial charge is 0.348 e. The summed E-state index contributed by atoms with van der Waals surface area (Å²) in [6, 6.07) is 0. The maximum atomic E-state index is 12.3. The summed E-state index contributed by atoms with van der Waals surface area (Å²) < 4.78 is 4.62. The van der Waals surface area contributed by atoms with E-state index in [2.05, 4.69) is 26.9 Å². The Morgan fingerprint density at radius 1 is 1.61 bits per heavy atom. The zero-order chi connectivity index (χ0) is 13.0. The first-order valence-corrected chi connectivity index (χ1v) is 6.40. The number of nitrogens with two attached hydrogens (primary N) is 1. The maximum absolute atomic E-state index is 12.3. The van der Waals surface area contributed by atoms with E-state index in [0.717, 1.165) is 25.7 Å². The lowest BCUT2D eigenvalue weighted by Gasteiger charge is -2.37. The molecule has 0 atom stereocenters. The van der Waals surface area contributed by atoms with Crippen LogP contribution in [0.1, 0.15) is 38.4 Å². The molecule has 0 unspecified atom stereocenters. The molecule has 18 heavy (non-hydrogen) atoms. The molecule has 1 aromatic rings. The first-order valence-electron chi connectivity index (χ1n) is 6.40. The van der Waals surface area contributed by atoms with Gasteiger partial charge in [0.05, 0.1) is 12.0 Å². The molecule has 1 aliphatic rings. The quantitative estimate of drug-likeness (QED) is 0.828. The molecule has 1 amide bonds. The molecule has 0 saturated heterocycles. The van der Waals surface area contributed by atoms with Gasteiger partial charge in [0, 0.05) is 6.54 Å². The minimum absolute atomic E-state index is 0.0155. The molecule has 0 aliphatic heterocycles. The molecule has 1 fully saturated rings. The Morgan fingerprint density at radius 3 is 2.89 bits per heavy atom. The van der Waals surface area contributed by atoms with Gasteiger partial charge in [-0.05, 0) is 31.6 Å². The molecule has 2 rings (SSSR count). The number of nitrogens with zero attached hydrogens (tertiary/aromatic N) is 2. The third-order valence-corrected chi connectivity index (χ3v) is 3.92. The first kappa shape index (κ1) is 13.0. The van der Waals surface area contributed by atoms with Crippen molar-refractivity contribution in [3.8, 4) is 0 Å². The fraction of sp³-hybridized carbons (Fsp3) is 0.750. The zero-order valence-corrected chi connectivity index (χ0v) is 10.7. The number of amides is 1. The summed E-state index contributed by atoms with van der Waals surface area (Å²) in [5, 5.41) is 6.52. The average molecular weight is 252 g/mol. The lowest BCUT2D eigenvalue weighted by molar-refractivity contribution is -0.133. The molecule has 1 saturated carbocycles. The highest BCUT2D eigenvalue weighted by Gasteiger charge is 2.39. The molecule has 100 valence electrons. The minimum Gasteiger partial charge on any atom is -0.348 e. The van der Waals surface area contributed by atoms with Crippen molar-refractivity contribution in [3.63, 3.8) is 0 Å². The summed E-state index contributed by atoms with van der Waals surface area (Å²) in [7, 11) is 0. The van der Waals surface area contributed by atoms with Crippen molar-refractivity contribution >= 4 is 5.91 Å². The predicted octanol–water partition coefficient (Wildman–Crippen LogP) is 0.841. The molecular weight excluding hydrogens is 232 g/mol. The van der Waals surface area contributed by atoms with Crippen LogP contribution in [0.15, 0.2) is 10.9 Å². The Bertz CT molecular complexity index is 383. The van der Waals surface area contributed by atoms with E-state index in [1.165, 1.54) is 6.39 Å². The lowest BCUT2D eigenvalue weighted by Crippen LogP contribution is -2.47. The van der Waals surface area contributed by atoms with Gasteiger partial charge < -0.3 is 15.6 Å². The van der Waals surface area contributed by atoms with Gasteiger partial charge in [-0.1, -0.05) is 12.1 Å². The smallest absolute Gasteiger partial charge is 0.227 e. The third kappa shape index (κ3) is 2.69. The number of hydrogen-bond donors (Lipinski definition) is 2. The van der Waals surface area contributed by atoms with Crippen LogP contribution in [0.4, 0.5) is 0 Å². The molecule has 1 aromatic heterocycles. The van der Waals surface area contributed by atoms with Gasteiger partial charge in [-0.2, -0.15) is 4.98 Å². The van der Waals surface area contributed by atoms with Crippen molar-refractivity contribution in [3.05, 3.63) is 12.2 Å². The standard InChI is InChI=1S/C12H20N4O2/c1-9-2-4-12(7-13,5-3-9)11(17)14-6-10-15-8-18-16-10/h8-9H,2-7,13H2,1H3,(H,14,17). The van der Waals surface area contributed by atoms with E-state index in [9.17, 15) is 4.79 Å². The topological polar surface area (TPSA) is 94.0 Å². The number of aromatic nitrogens is 2. The lowest BCUT2D eigenvalue weighted by atomic mass is 9.70. The van der Waals surface area contributed by atoms with E-state index < -0.39 is 5.41 Å². The van der Waals surface area contributed by atoms with E-state index in [4.69, 9.17) is 5.73 Å². The highest BCUT2D eigenvalue weighted by Crippen LogP contribution is 2.38. The minimum atomic E-state index is -0.407. The van der Waals surface area contributed by atoms with Gasteiger partial charge in [-0.25, -0.2) is 0 Å². The van der Waals surface area contributed by atoms with Crippen molar-refractivity contribution in [2.45, 2.75) is 39.2 Å². The van der Waals surface area contributed by atoms with E-state index in [1.54, 1.807) is 0 Å². The number of carbonyl (C=O) groups excluding carboxylic acids is 1. The van der Waals surface area contributed by atoms with E-state index >= 15 is 0 Å². The SMILES string of the molecule is CC1CCC(CN)(C(=O)NCc2ncon2)CC1. The molecule has 1 heterocycles. The van der Waals surface area contributed by atoms with Crippen LogP contribution in [0.25, 0.3) is 0 Å². The second kappa shape index (κ2) is 5.48. The highest BCUT2D eigenvalue weighted by atomic mass is 16.5.